The molecule has 104 valence electrons. The van der Waals surface area contributed by atoms with Crippen molar-refractivity contribution >= 4 is 23.2 Å². The highest BCUT2D eigenvalue weighted by atomic mass is 32.1. The molecule has 19 heavy (non-hydrogen) atoms. The molecular formula is C14H22N4S. The molecule has 5 heteroatoms. The number of hydrogen-bond donors (Lipinski definition) is 2. The Morgan fingerprint density at radius 1 is 1.42 bits per heavy atom. The second kappa shape index (κ2) is 6.80. The maximum atomic E-state index is 5.55. The van der Waals surface area contributed by atoms with Gasteiger partial charge in [-0.2, -0.15) is 0 Å². The molecule has 0 unspecified atom stereocenters. The molecule has 0 aliphatic heterocycles. The second-order valence-electron chi connectivity index (χ2n) is 5.47. The first-order valence-electron chi connectivity index (χ1n) is 7.02. The van der Waals surface area contributed by atoms with E-state index in [2.05, 4.69) is 22.2 Å². The monoisotopic (exact) mass is 278 g/mol. The summed E-state index contributed by atoms with van der Waals surface area (Å²) in [5, 5.41) is 3.26. The van der Waals surface area contributed by atoms with E-state index < -0.39 is 0 Å². The van der Waals surface area contributed by atoms with E-state index >= 15 is 0 Å². The Morgan fingerprint density at radius 2 is 2.16 bits per heavy atom. The van der Waals surface area contributed by atoms with Gasteiger partial charge in [0.05, 0.1) is 0 Å². The van der Waals surface area contributed by atoms with Gasteiger partial charge in [-0.3, -0.25) is 0 Å². The summed E-state index contributed by atoms with van der Waals surface area (Å²) in [6.07, 6.45) is 8.34. The molecule has 1 aromatic heterocycles. The highest BCUT2D eigenvalue weighted by molar-refractivity contribution is 7.80. The van der Waals surface area contributed by atoms with Crippen LogP contribution in [0.2, 0.25) is 0 Å². The van der Waals surface area contributed by atoms with E-state index in [-0.39, 0.29) is 0 Å². The molecule has 3 N–H and O–H groups in total. The van der Waals surface area contributed by atoms with Crippen LogP contribution >= 0.6 is 12.2 Å². The van der Waals surface area contributed by atoms with Gasteiger partial charge in [0.1, 0.15) is 10.7 Å². The van der Waals surface area contributed by atoms with Gasteiger partial charge in [-0.05, 0) is 24.3 Å². The fourth-order valence-corrected chi connectivity index (χ4v) is 2.70. The van der Waals surface area contributed by atoms with Crippen molar-refractivity contribution in [2.45, 2.75) is 39.0 Å². The summed E-state index contributed by atoms with van der Waals surface area (Å²) >= 11 is 4.91. The van der Waals surface area contributed by atoms with E-state index in [0.717, 1.165) is 18.4 Å². The molecule has 0 radical (unpaired) electrons. The van der Waals surface area contributed by atoms with Gasteiger partial charge in [0, 0.05) is 12.7 Å². The predicted octanol–water partition coefficient (Wildman–Crippen LogP) is 2.74. The fraction of sp³-hybridized carbons (Fsp3) is 0.643. The normalized spacial score (nSPS) is 23.0. The summed E-state index contributed by atoms with van der Waals surface area (Å²) < 4.78 is 0. The molecule has 1 aliphatic carbocycles. The predicted molar refractivity (Wildman–Crippen MR) is 82.1 cm³/mol. The summed E-state index contributed by atoms with van der Waals surface area (Å²) in [4.78, 5) is 8.77. The number of thiocarbonyl (C=S) groups is 1. The molecule has 1 aromatic rings. The lowest BCUT2D eigenvalue weighted by molar-refractivity contribution is 0.282. The Hall–Kier alpha value is -1.23. The summed E-state index contributed by atoms with van der Waals surface area (Å²) in [5.41, 5.74) is 6.18. The molecule has 0 atom stereocenters. The van der Waals surface area contributed by atoms with Crippen LogP contribution in [-0.2, 0) is 0 Å². The van der Waals surface area contributed by atoms with Gasteiger partial charge in [-0.25, -0.2) is 9.97 Å². The van der Waals surface area contributed by atoms with E-state index in [0.29, 0.717) is 16.6 Å². The van der Waals surface area contributed by atoms with Gasteiger partial charge in [0.25, 0.3) is 0 Å². The third kappa shape index (κ3) is 4.42. The summed E-state index contributed by atoms with van der Waals surface area (Å²) in [5.74, 6) is 2.38. The molecule has 0 aromatic carbocycles. The van der Waals surface area contributed by atoms with Gasteiger partial charge < -0.3 is 11.1 Å². The average molecular weight is 278 g/mol. The number of rotatable bonds is 5. The van der Waals surface area contributed by atoms with Crippen molar-refractivity contribution in [1.82, 2.24) is 9.97 Å². The minimum atomic E-state index is 0.312. The molecule has 0 amide bonds. The average Bonchev–Trinajstić information content (AvgIpc) is 2.41. The maximum Gasteiger partial charge on any atom is 0.223 e. The topological polar surface area (TPSA) is 63.8 Å². The minimum absolute atomic E-state index is 0.312. The lowest BCUT2D eigenvalue weighted by Gasteiger charge is -2.26. The molecule has 2 rings (SSSR count). The number of nitrogens with one attached hydrogen (secondary N) is 1. The van der Waals surface area contributed by atoms with Crippen molar-refractivity contribution < 1.29 is 0 Å². The molecule has 0 saturated heterocycles. The van der Waals surface area contributed by atoms with Gasteiger partial charge in [0.15, 0.2) is 0 Å². The Balaban J connectivity index is 1.76. The van der Waals surface area contributed by atoms with E-state index in [4.69, 9.17) is 18.0 Å². The summed E-state index contributed by atoms with van der Waals surface area (Å²) in [6.45, 7) is 3.27. The molecule has 0 bridgehead atoms. The molecule has 1 saturated carbocycles. The van der Waals surface area contributed by atoms with Gasteiger partial charge >= 0.3 is 0 Å². The van der Waals surface area contributed by atoms with Gasteiger partial charge in [-0.15, -0.1) is 0 Å². The summed E-state index contributed by atoms with van der Waals surface area (Å²) in [7, 11) is 0. The van der Waals surface area contributed by atoms with Crippen molar-refractivity contribution in [2.24, 2.45) is 17.6 Å². The summed E-state index contributed by atoms with van der Waals surface area (Å²) in [6, 6.07) is 1.73. The maximum absolute atomic E-state index is 5.55. The van der Waals surface area contributed by atoms with Crippen molar-refractivity contribution in [2.75, 3.05) is 11.9 Å². The molecular weight excluding hydrogens is 256 g/mol. The second-order valence-corrected chi connectivity index (χ2v) is 5.91. The van der Waals surface area contributed by atoms with Crippen LogP contribution < -0.4 is 11.1 Å². The van der Waals surface area contributed by atoms with Crippen LogP contribution in [0.5, 0.6) is 0 Å². The van der Waals surface area contributed by atoms with Crippen molar-refractivity contribution in [3.05, 3.63) is 18.0 Å². The fourth-order valence-electron chi connectivity index (χ4n) is 2.59. The first kappa shape index (κ1) is 14.2. The minimum Gasteiger partial charge on any atom is -0.388 e. The Labute approximate surface area is 120 Å². The number of hydrogen-bond acceptors (Lipinski definition) is 4. The van der Waals surface area contributed by atoms with E-state index in [1.54, 1.807) is 12.3 Å². The van der Waals surface area contributed by atoms with E-state index in [1.165, 1.54) is 32.1 Å². The van der Waals surface area contributed by atoms with Crippen LogP contribution in [-0.4, -0.2) is 21.5 Å². The Morgan fingerprint density at radius 3 is 2.84 bits per heavy atom. The van der Waals surface area contributed by atoms with Crippen molar-refractivity contribution in [1.29, 1.82) is 0 Å². The molecule has 1 fully saturated rings. The van der Waals surface area contributed by atoms with Crippen LogP contribution in [0.25, 0.3) is 0 Å². The Kier molecular flexibility index (Phi) is 5.07. The molecule has 0 spiro atoms. The van der Waals surface area contributed by atoms with Crippen LogP contribution in [0.3, 0.4) is 0 Å². The zero-order valence-electron chi connectivity index (χ0n) is 11.4. The standard InChI is InChI=1S/C14H22N4S/c1-10-2-4-11(5-3-10)6-8-16-14-17-9-7-12(18-14)13(15)19/h7,9-11H,2-6,8H2,1H3,(H2,15,19)(H,16,17,18). The third-order valence-corrected chi connectivity index (χ3v) is 4.09. The van der Waals surface area contributed by atoms with Crippen LogP contribution in [0.15, 0.2) is 12.3 Å². The zero-order valence-corrected chi connectivity index (χ0v) is 12.2. The van der Waals surface area contributed by atoms with Gasteiger partial charge in [0.2, 0.25) is 5.95 Å². The van der Waals surface area contributed by atoms with E-state index in [9.17, 15) is 0 Å². The number of nitrogens with two attached hydrogens (primary N) is 1. The zero-order chi connectivity index (χ0) is 13.7. The highest BCUT2D eigenvalue weighted by Crippen LogP contribution is 2.30. The first-order valence-corrected chi connectivity index (χ1v) is 7.42. The third-order valence-electron chi connectivity index (χ3n) is 3.88. The first-order chi connectivity index (χ1) is 9.15. The highest BCUT2D eigenvalue weighted by Gasteiger charge is 2.17. The molecule has 1 heterocycles. The molecule has 1 aliphatic rings. The van der Waals surface area contributed by atoms with Crippen LogP contribution in [0.4, 0.5) is 5.95 Å². The van der Waals surface area contributed by atoms with Crippen molar-refractivity contribution in [3.8, 4) is 0 Å². The van der Waals surface area contributed by atoms with Crippen LogP contribution in [0.1, 0.15) is 44.7 Å². The molecule has 4 nitrogen and oxygen atoms in total. The lowest BCUT2D eigenvalue weighted by atomic mass is 9.81. The number of anilines is 1. The Bertz CT molecular complexity index is 427. The van der Waals surface area contributed by atoms with Gasteiger partial charge in [-0.1, -0.05) is 44.8 Å². The quantitative estimate of drug-likeness (QED) is 0.811. The number of aromatic nitrogens is 2. The number of nitrogens with zero attached hydrogens (tertiary/aromatic N) is 2. The smallest absolute Gasteiger partial charge is 0.223 e. The van der Waals surface area contributed by atoms with E-state index in [1.807, 2.05) is 0 Å². The lowest BCUT2D eigenvalue weighted by Crippen LogP contribution is -2.17. The largest absolute Gasteiger partial charge is 0.388 e. The van der Waals surface area contributed by atoms with Crippen LogP contribution in [0, 0.1) is 11.8 Å². The SMILES string of the molecule is CC1CCC(CCNc2nccc(C(N)=S)n2)CC1. The van der Waals surface area contributed by atoms with Crippen molar-refractivity contribution in [3.63, 3.8) is 0 Å².